The maximum absolute atomic E-state index is 12.6. The molecule has 1 aromatic heterocycles. The van der Waals surface area contributed by atoms with Crippen LogP contribution in [0.3, 0.4) is 0 Å². The predicted octanol–water partition coefficient (Wildman–Crippen LogP) is 3.85. The van der Waals surface area contributed by atoms with E-state index in [0.29, 0.717) is 17.8 Å². The first kappa shape index (κ1) is 22.7. The molecule has 0 aliphatic rings. The van der Waals surface area contributed by atoms with Crippen LogP contribution in [0.5, 0.6) is 0 Å². The van der Waals surface area contributed by atoms with E-state index in [2.05, 4.69) is 19.4 Å². The van der Waals surface area contributed by atoms with E-state index in [1.165, 1.54) is 36.4 Å². The van der Waals surface area contributed by atoms with Crippen molar-refractivity contribution in [2.24, 2.45) is 0 Å². The molecule has 0 atom stereocenters. The predicted molar refractivity (Wildman–Crippen MR) is 109 cm³/mol. The first-order valence-corrected chi connectivity index (χ1v) is 11.2. The Labute approximate surface area is 180 Å². The summed E-state index contributed by atoms with van der Waals surface area (Å²) in [6.07, 6.45) is -3.85. The summed E-state index contributed by atoms with van der Waals surface area (Å²) in [4.78, 5) is 16.3. The smallest absolute Gasteiger partial charge is 0.348 e. The number of hydrogen-bond donors (Lipinski definition) is 2. The number of nitrogens with zero attached hydrogens (tertiary/aromatic N) is 2. The van der Waals surface area contributed by atoms with Crippen molar-refractivity contribution in [1.82, 2.24) is 14.7 Å². The molecule has 3 aromatic rings. The quantitative estimate of drug-likeness (QED) is 0.546. The summed E-state index contributed by atoms with van der Waals surface area (Å²) in [5.41, 5.74) is -0.0734. The monoisotopic (exact) mass is 470 g/mol. The maximum Gasteiger partial charge on any atom is 0.416 e. The topological polar surface area (TPSA) is 101 Å². The van der Waals surface area contributed by atoms with Crippen LogP contribution < -0.4 is 10.0 Å². The first-order valence-electron chi connectivity index (χ1n) is 8.98. The van der Waals surface area contributed by atoms with Crippen molar-refractivity contribution in [2.75, 3.05) is 4.72 Å². The van der Waals surface area contributed by atoms with Gasteiger partial charge < -0.3 is 5.32 Å². The lowest BCUT2D eigenvalue weighted by molar-refractivity contribution is -0.137. The van der Waals surface area contributed by atoms with E-state index in [1.54, 1.807) is 0 Å². The van der Waals surface area contributed by atoms with Crippen LogP contribution in [0, 0.1) is 0 Å². The summed E-state index contributed by atoms with van der Waals surface area (Å²) in [7, 11) is -3.89. The number of anilines is 1. The Morgan fingerprint density at radius 1 is 1.06 bits per heavy atom. The molecule has 2 N–H and O–H groups in total. The Balaban J connectivity index is 1.61. The third kappa shape index (κ3) is 5.79. The van der Waals surface area contributed by atoms with Crippen LogP contribution in [0.1, 0.15) is 34.2 Å². The number of sulfonamides is 1. The molecule has 3 rings (SSSR count). The average Bonchev–Trinajstić information content (AvgIpc) is 3.18. The number of aryl methyl sites for hydroxylation is 1. The van der Waals surface area contributed by atoms with Crippen molar-refractivity contribution in [3.63, 3.8) is 0 Å². The van der Waals surface area contributed by atoms with Crippen LogP contribution in [0.25, 0.3) is 0 Å². The molecule has 0 fully saturated rings. The number of carbonyl (C=O) groups excluding carboxylic acids is 1. The van der Waals surface area contributed by atoms with Gasteiger partial charge in [-0.25, -0.2) is 13.4 Å². The lowest BCUT2D eigenvalue weighted by Gasteiger charge is -2.09. The molecule has 164 valence electrons. The third-order valence-electron chi connectivity index (χ3n) is 4.17. The zero-order valence-corrected chi connectivity index (χ0v) is 17.7. The Morgan fingerprint density at radius 2 is 1.71 bits per heavy atom. The highest BCUT2D eigenvalue weighted by Gasteiger charge is 2.29. The summed E-state index contributed by atoms with van der Waals surface area (Å²) in [6, 6.07) is 9.67. The summed E-state index contributed by atoms with van der Waals surface area (Å²) in [5, 5.41) is 2.73. The van der Waals surface area contributed by atoms with Crippen LogP contribution in [-0.2, 0) is 29.2 Å². The van der Waals surface area contributed by atoms with Gasteiger partial charge in [-0.2, -0.15) is 17.5 Å². The van der Waals surface area contributed by atoms with E-state index in [0.717, 1.165) is 23.7 Å². The van der Waals surface area contributed by atoms with E-state index in [4.69, 9.17) is 0 Å². The standard InChI is InChI=1S/C19H17F3N4O3S2/c1-2-16-24-18(30-25-16)26-31(28,29)15-9-5-13(6-10-15)17(27)23-11-12-3-7-14(8-4-12)19(20,21)22/h3-10H,2,11H2,1H3,(H,23,27)(H,24,25,26). The van der Waals surface area contributed by atoms with Crippen LogP contribution in [0.15, 0.2) is 53.4 Å². The van der Waals surface area contributed by atoms with Gasteiger partial charge in [0.15, 0.2) is 0 Å². The zero-order valence-electron chi connectivity index (χ0n) is 16.1. The minimum absolute atomic E-state index is 0.0232. The van der Waals surface area contributed by atoms with Crippen LogP contribution >= 0.6 is 11.5 Å². The van der Waals surface area contributed by atoms with Gasteiger partial charge in [0.2, 0.25) is 5.13 Å². The van der Waals surface area contributed by atoms with E-state index in [-0.39, 0.29) is 22.1 Å². The Hall–Kier alpha value is -2.99. The highest BCUT2D eigenvalue weighted by molar-refractivity contribution is 7.93. The second-order valence-corrected chi connectivity index (χ2v) is 8.81. The van der Waals surface area contributed by atoms with E-state index >= 15 is 0 Å². The maximum atomic E-state index is 12.6. The van der Waals surface area contributed by atoms with Crippen molar-refractivity contribution in [3.05, 3.63) is 71.0 Å². The minimum atomic E-state index is -4.42. The van der Waals surface area contributed by atoms with Crippen LogP contribution in [0.4, 0.5) is 18.3 Å². The van der Waals surface area contributed by atoms with Gasteiger partial charge in [-0.3, -0.25) is 9.52 Å². The number of carbonyl (C=O) groups is 1. The summed E-state index contributed by atoms with van der Waals surface area (Å²) < 4.78 is 69.0. The van der Waals surface area contributed by atoms with Crippen molar-refractivity contribution < 1.29 is 26.4 Å². The van der Waals surface area contributed by atoms with Crippen molar-refractivity contribution in [2.45, 2.75) is 31.0 Å². The molecule has 0 aliphatic heterocycles. The molecule has 12 heteroatoms. The Morgan fingerprint density at radius 3 is 2.26 bits per heavy atom. The van der Waals surface area contributed by atoms with Gasteiger partial charge in [0.1, 0.15) is 5.82 Å². The molecule has 31 heavy (non-hydrogen) atoms. The molecule has 0 bridgehead atoms. The molecule has 0 unspecified atom stereocenters. The van der Waals surface area contributed by atoms with Crippen molar-refractivity contribution in [3.8, 4) is 0 Å². The number of halogens is 3. The molecular weight excluding hydrogens is 453 g/mol. The molecular formula is C19H17F3N4O3S2. The van der Waals surface area contributed by atoms with Gasteiger partial charge in [-0.1, -0.05) is 19.1 Å². The molecule has 2 aromatic carbocycles. The summed E-state index contributed by atoms with van der Waals surface area (Å²) in [5.74, 6) is 0.0382. The zero-order chi connectivity index (χ0) is 22.6. The lowest BCUT2D eigenvalue weighted by Crippen LogP contribution is -2.23. The van der Waals surface area contributed by atoms with Gasteiger partial charge in [-0.15, -0.1) is 0 Å². The summed E-state index contributed by atoms with van der Waals surface area (Å²) >= 11 is 0.932. The second-order valence-electron chi connectivity index (χ2n) is 6.38. The minimum Gasteiger partial charge on any atom is -0.348 e. The summed E-state index contributed by atoms with van der Waals surface area (Å²) in [6.45, 7) is 1.87. The molecule has 0 saturated carbocycles. The fraction of sp³-hybridized carbons (Fsp3) is 0.211. The van der Waals surface area contributed by atoms with E-state index in [1.807, 2.05) is 6.92 Å². The van der Waals surface area contributed by atoms with Crippen LogP contribution in [-0.4, -0.2) is 23.7 Å². The SMILES string of the molecule is CCc1nsc(NS(=O)(=O)c2ccc(C(=O)NCc3ccc(C(F)(F)F)cc3)cc2)n1. The highest BCUT2D eigenvalue weighted by Crippen LogP contribution is 2.29. The van der Waals surface area contributed by atoms with Crippen LogP contribution in [0.2, 0.25) is 0 Å². The van der Waals surface area contributed by atoms with Gasteiger partial charge in [0.25, 0.3) is 15.9 Å². The number of amides is 1. The Bertz CT molecular complexity index is 1160. The first-order chi connectivity index (χ1) is 14.6. The fourth-order valence-corrected chi connectivity index (χ4v) is 4.37. The average molecular weight is 470 g/mol. The van der Waals surface area contributed by atoms with Crippen molar-refractivity contribution >= 4 is 32.6 Å². The van der Waals surface area contributed by atoms with Crippen molar-refractivity contribution in [1.29, 1.82) is 0 Å². The number of alkyl halides is 3. The number of hydrogen-bond acceptors (Lipinski definition) is 6. The lowest BCUT2D eigenvalue weighted by atomic mass is 10.1. The molecule has 0 spiro atoms. The molecule has 0 aliphatic carbocycles. The number of benzene rings is 2. The number of nitrogens with one attached hydrogen (secondary N) is 2. The molecule has 7 nitrogen and oxygen atoms in total. The second kappa shape index (κ2) is 9.02. The van der Waals surface area contributed by atoms with E-state index < -0.39 is 27.7 Å². The van der Waals surface area contributed by atoms with Gasteiger partial charge in [0.05, 0.1) is 10.5 Å². The normalized spacial score (nSPS) is 11.9. The van der Waals surface area contributed by atoms with Gasteiger partial charge in [-0.05, 0) is 42.0 Å². The third-order valence-corrected chi connectivity index (χ3v) is 6.32. The number of aromatic nitrogens is 2. The largest absolute Gasteiger partial charge is 0.416 e. The molecule has 1 amide bonds. The molecule has 0 saturated heterocycles. The van der Waals surface area contributed by atoms with Gasteiger partial charge >= 0.3 is 6.18 Å². The highest BCUT2D eigenvalue weighted by atomic mass is 32.2. The number of rotatable bonds is 7. The fourth-order valence-electron chi connectivity index (χ4n) is 2.49. The Kier molecular flexibility index (Phi) is 6.60. The van der Waals surface area contributed by atoms with Gasteiger partial charge in [0, 0.05) is 30.1 Å². The van der Waals surface area contributed by atoms with E-state index in [9.17, 15) is 26.4 Å². The molecule has 1 heterocycles. The molecule has 0 radical (unpaired) electrons.